The van der Waals surface area contributed by atoms with Gasteiger partial charge in [-0.05, 0) is 70.7 Å². The average molecular weight is 296 g/mol. The van der Waals surface area contributed by atoms with Crippen molar-refractivity contribution in [2.75, 3.05) is 39.3 Å². The van der Waals surface area contributed by atoms with Gasteiger partial charge >= 0.3 is 0 Å². The van der Waals surface area contributed by atoms with Gasteiger partial charge in [0.2, 0.25) is 0 Å². The van der Waals surface area contributed by atoms with Crippen LogP contribution >= 0.6 is 0 Å². The standard InChI is InChI=1S/C18H37N3/c1-4-10-19-15-18(16(2)3)21-13-8-17(9-14-21)20-11-6-5-7-12-20/h16-19H,4-15H2,1-3H3. The quantitative estimate of drug-likeness (QED) is 0.729. The Morgan fingerprint density at radius 3 is 2.24 bits per heavy atom. The Morgan fingerprint density at radius 1 is 1.00 bits per heavy atom. The van der Waals surface area contributed by atoms with Gasteiger partial charge in [-0.1, -0.05) is 27.2 Å². The van der Waals surface area contributed by atoms with Crippen LogP contribution in [-0.4, -0.2) is 61.2 Å². The van der Waals surface area contributed by atoms with E-state index in [1.54, 1.807) is 0 Å². The maximum atomic E-state index is 3.64. The summed E-state index contributed by atoms with van der Waals surface area (Å²) >= 11 is 0. The third-order valence-corrected chi connectivity index (χ3v) is 5.42. The molecule has 2 rings (SSSR count). The molecule has 0 saturated carbocycles. The summed E-state index contributed by atoms with van der Waals surface area (Å²) in [6.07, 6.45) is 8.31. The molecule has 1 N–H and O–H groups in total. The Morgan fingerprint density at radius 2 is 1.67 bits per heavy atom. The van der Waals surface area contributed by atoms with Gasteiger partial charge in [0.15, 0.2) is 0 Å². The molecule has 124 valence electrons. The van der Waals surface area contributed by atoms with Crippen LogP contribution in [0.1, 0.15) is 59.3 Å². The summed E-state index contributed by atoms with van der Waals surface area (Å²) in [6, 6.07) is 1.59. The highest BCUT2D eigenvalue weighted by Gasteiger charge is 2.29. The minimum atomic E-state index is 0.721. The van der Waals surface area contributed by atoms with Gasteiger partial charge in [0, 0.05) is 18.6 Å². The lowest BCUT2D eigenvalue weighted by Crippen LogP contribution is -2.53. The third kappa shape index (κ3) is 5.22. The molecule has 0 bridgehead atoms. The van der Waals surface area contributed by atoms with E-state index in [0.29, 0.717) is 0 Å². The monoisotopic (exact) mass is 295 g/mol. The van der Waals surface area contributed by atoms with Crippen molar-refractivity contribution in [1.29, 1.82) is 0 Å². The first-order valence-electron chi connectivity index (χ1n) is 9.41. The zero-order chi connectivity index (χ0) is 15.1. The molecule has 0 aromatic heterocycles. The lowest BCUT2D eigenvalue weighted by atomic mass is 9.95. The molecule has 1 atom stereocenters. The van der Waals surface area contributed by atoms with Crippen molar-refractivity contribution in [3.05, 3.63) is 0 Å². The van der Waals surface area contributed by atoms with Gasteiger partial charge in [-0.25, -0.2) is 0 Å². The molecule has 0 amide bonds. The largest absolute Gasteiger partial charge is 0.315 e. The molecular formula is C18H37N3. The van der Waals surface area contributed by atoms with Crippen LogP contribution in [0.15, 0.2) is 0 Å². The van der Waals surface area contributed by atoms with Gasteiger partial charge in [0.1, 0.15) is 0 Å². The Hall–Kier alpha value is -0.120. The van der Waals surface area contributed by atoms with Gasteiger partial charge in [0.05, 0.1) is 0 Å². The van der Waals surface area contributed by atoms with Gasteiger partial charge in [-0.2, -0.15) is 0 Å². The van der Waals surface area contributed by atoms with E-state index in [4.69, 9.17) is 0 Å². The van der Waals surface area contributed by atoms with Crippen LogP contribution in [0.2, 0.25) is 0 Å². The molecule has 3 heteroatoms. The zero-order valence-corrected chi connectivity index (χ0v) is 14.6. The van der Waals surface area contributed by atoms with Crippen molar-refractivity contribution in [1.82, 2.24) is 15.1 Å². The molecule has 2 fully saturated rings. The summed E-state index contributed by atoms with van der Waals surface area (Å²) in [5.41, 5.74) is 0. The number of nitrogens with one attached hydrogen (secondary N) is 1. The fourth-order valence-electron chi connectivity index (χ4n) is 4.08. The molecule has 3 nitrogen and oxygen atoms in total. The van der Waals surface area contributed by atoms with E-state index in [-0.39, 0.29) is 0 Å². The highest BCUT2D eigenvalue weighted by atomic mass is 15.2. The zero-order valence-electron chi connectivity index (χ0n) is 14.6. The minimum Gasteiger partial charge on any atom is -0.315 e. The topological polar surface area (TPSA) is 18.5 Å². The second kappa shape index (κ2) is 9.12. The van der Waals surface area contributed by atoms with Gasteiger partial charge < -0.3 is 10.2 Å². The number of likely N-dealkylation sites (tertiary alicyclic amines) is 2. The van der Waals surface area contributed by atoms with Crippen molar-refractivity contribution < 1.29 is 0 Å². The molecule has 0 radical (unpaired) electrons. The van der Waals surface area contributed by atoms with E-state index in [9.17, 15) is 0 Å². The van der Waals surface area contributed by atoms with Gasteiger partial charge in [-0.15, -0.1) is 0 Å². The highest BCUT2D eigenvalue weighted by Crippen LogP contribution is 2.23. The summed E-state index contributed by atoms with van der Waals surface area (Å²) in [5, 5.41) is 3.64. The molecule has 1 unspecified atom stereocenters. The Kier molecular flexibility index (Phi) is 7.48. The van der Waals surface area contributed by atoms with E-state index in [0.717, 1.165) is 24.5 Å². The van der Waals surface area contributed by atoms with Crippen LogP contribution in [0.5, 0.6) is 0 Å². The smallest absolute Gasteiger partial charge is 0.0243 e. The predicted octanol–water partition coefficient (Wildman–Crippen LogP) is 2.96. The Bertz CT molecular complexity index is 266. The van der Waals surface area contributed by atoms with E-state index in [1.165, 1.54) is 71.2 Å². The molecule has 0 spiro atoms. The Balaban J connectivity index is 1.77. The number of hydrogen-bond acceptors (Lipinski definition) is 3. The van der Waals surface area contributed by atoms with Crippen LogP contribution in [0.3, 0.4) is 0 Å². The maximum Gasteiger partial charge on any atom is 0.0243 e. The second-order valence-corrected chi connectivity index (χ2v) is 7.38. The van der Waals surface area contributed by atoms with Crippen molar-refractivity contribution in [2.45, 2.75) is 71.4 Å². The summed E-state index contributed by atoms with van der Waals surface area (Å²) in [7, 11) is 0. The first-order chi connectivity index (χ1) is 10.2. The molecule has 2 saturated heterocycles. The molecule has 2 heterocycles. The Labute approximate surface area is 132 Å². The number of hydrogen-bond donors (Lipinski definition) is 1. The molecule has 2 aliphatic heterocycles. The SMILES string of the molecule is CCCNCC(C(C)C)N1CCC(N2CCCCC2)CC1. The normalized spacial score (nSPS) is 24.6. The summed E-state index contributed by atoms with van der Waals surface area (Å²) in [4.78, 5) is 5.54. The summed E-state index contributed by atoms with van der Waals surface area (Å²) in [6.45, 7) is 14.7. The third-order valence-electron chi connectivity index (χ3n) is 5.42. The summed E-state index contributed by atoms with van der Waals surface area (Å²) in [5.74, 6) is 0.751. The average Bonchev–Trinajstić information content (AvgIpc) is 2.52. The summed E-state index contributed by atoms with van der Waals surface area (Å²) < 4.78 is 0. The lowest BCUT2D eigenvalue weighted by Gasteiger charge is -2.43. The second-order valence-electron chi connectivity index (χ2n) is 7.38. The first-order valence-corrected chi connectivity index (χ1v) is 9.41. The van der Waals surface area contributed by atoms with Crippen LogP contribution < -0.4 is 5.32 Å². The van der Waals surface area contributed by atoms with Gasteiger partial charge in [-0.3, -0.25) is 4.90 Å². The predicted molar refractivity (Wildman–Crippen MR) is 91.8 cm³/mol. The van der Waals surface area contributed by atoms with Gasteiger partial charge in [0.25, 0.3) is 0 Å². The van der Waals surface area contributed by atoms with Crippen LogP contribution in [0, 0.1) is 5.92 Å². The molecular weight excluding hydrogens is 258 g/mol. The van der Waals surface area contributed by atoms with Crippen LogP contribution in [0.25, 0.3) is 0 Å². The van der Waals surface area contributed by atoms with E-state index >= 15 is 0 Å². The van der Waals surface area contributed by atoms with Crippen LogP contribution in [-0.2, 0) is 0 Å². The number of nitrogens with zero attached hydrogens (tertiary/aromatic N) is 2. The number of piperidine rings is 2. The minimum absolute atomic E-state index is 0.721. The van der Waals surface area contributed by atoms with Crippen molar-refractivity contribution >= 4 is 0 Å². The van der Waals surface area contributed by atoms with E-state index < -0.39 is 0 Å². The van der Waals surface area contributed by atoms with Crippen LogP contribution in [0.4, 0.5) is 0 Å². The lowest BCUT2D eigenvalue weighted by molar-refractivity contribution is 0.0593. The maximum absolute atomic E-state index is 3.64. The fourth-order valence-corrected chi connectivity index (χ4v) is 4.08. The molecule has 0 aromatic carbocycles. The molecule has 0 aliphatic carbocycles. The highest BCUT2D eigenvalue weighted by molar-refractivity contribution is 4.86. The molecule has 0 aromatic rings. The first kappa shape index (κ1) is 17.2. The van der Waals surface area contributed by atoms with Crippen molar-refractivity contribution in [3.8, 4) is 0 Å². The van der Waals surface area contributed by atoms with Crippen molar-refractivity contribution in [2.24, 2.45) is 5.92 Å². The molecule has 2 aliphatic rings. The fraction of sp³-hybridized carbons (Fsp3) is 1.00. The molecule has 21 heavy (non-hydrogen) atoms. The van der Waals surface area contributed by atoms with E-state index in [1.807, 2.05) is 0 Å². The van der Waals surface area contributed by atoms with E-state index in [2.05, 4.69) is 35.9 Å². The van der Waals surface area contributed by atoms with Crippen molar-refractivity contribution in [3.63, 3.8) is 0 Å². The number of rotatable bonds is 7.